The third-order valence-electron chi connectivity index (χ3n) is 4.64. The number of amides is 1. The molecule has 0 aliphatic carbocycles. The summed E-state index contributed by atoms with van der Waals surface area (Å²) in [7, 11) is 1.53. The average molecular weight is 367 g/mol. The maximum absolute atomic E-state index is 12.7. The first-order chi connectivity index (χ1) is 13.0. The topological polar surface area (TPSA) is 87.1 Å². The molecule has 1 saturated heterocycles. The average Bonchev–Trinajstić information content (AvgIpc) is 2.93. The van der Waals surface area contributed by atoms with E-state index in [0.717, 1.165) is 5.56 Å². The van der Waals surface area contributed by atoms with Crippen LogP contribution in [0, 0.1) is 6.92 Å². The summed E-state index contributed by atoms with van der Waals surface area (Å²) in [5.41, 5.74) is 2.16. The summed E-state index contributed by atoms with van der Waals surface area (Å²) in [5.74, 6) is -1.13. The minimum Gasteiger partial charge on any atom is -0.507 e. The number of carbonyl (C=O) groups is 2. The number of carbonyl (C=O) groups excluding carboxylic acids is 2. The number of ketones is 1. The summed E-state index contributed by atoms with van der Waals surface area (Å²) in [6.07, 6.45) is 0. The molecule has 0 saturated carbocycles. The molecule has 2 aromatic carbocycles. The monoisotopic (exact) mass is 367 g/mol. The number of benzene rings is 2. The zero-order valence-corrected chi connectivity index (χ0v) is 15.2. The van der Waals surface area contributed by atoms with Crippen molar-refractivity contribution in [1.82, 2.24) is 4.90 Å². The first-order valence-electron chi connectivity index (χ1n) is 8.58. The Bertz CT molecular complexity index is 884. The number of ether oxygens (including phenoxy) is 1. The van der Waals surface area contributed by atoms with E-state index in [-0.39, 0.29) is 24.5 Å². The molecule has 1 aliphatic rings. The molecule has 0 spiro atoms. The second-order valence-electron chi connectivity index (χ2n) is 6.36. The lowest BCUT2D eigenvalue weighted by Gasteiger charge is -2.24. The van der Waals surface area contributed by atoms with E-state index >= 15 is 0 Å². The van der Waals surface area contributed by atoms with Crippen LogP contribution >= 0.6 is 0 Å². The molecular formula is C21H21NO5. The van der Waals surface area contributed by atoms with Crippen molar-refractivity contribution in [3.63, 3.8) is 0 Å². The van der Waals surface area contributed by atoms with Gasteiger partial charge in [0.2, 0.25) is 0 Å². The third-order valence-corrected chi connectivity index (χ3v) is 4.64. The second kappa shape index (κ2) is 7.63. The molecule has 0 aromatic heterocycles. The standard InChI is InChI=1S/C21H21NO5/c1-13-3-5-14(6-4-13)18-17(20(25)21(26)22(18)11-12-23)19(24)15-7-9-16(27-2)10-8-15/h3-10,18,23-24H,11-12H2,1-2H3/t18-/m0/s1. The van der Waals surface area contributed by atoms with Crippen LogP contribution in [-0.4, -0.2) is 47.1 Å². The molecule has 2 N–H and O–H groups in total. The SMILES string of the molecule is COc1ccc(C(O)=C2C(=O)C(=O)N(CCO)[C@H]2c2ccc(C)cc2)cc1. The van der Waals surface area contributed by atoms with Crippen LogP contribution in [0.1, 0.15) is 22.7 Å². The van der Waals surface area contributed by atoms with Crippen LogP contribution in [0.3, 0.4) is 0 Å². The number of Topliss-reactive ketones (excluding diaryl/α,β-unsaturated/α-hetero) is 1. The Morgan fingerprint density at radius 2 is 1.70 bits per heavy atom. The lowest BCUT2D eigenvalue weighted by atomic mass is 9.95. The normalized spacial score (nSPS) is 18.8. The Labute approximate surface area is 157 Å². The van der Waals surface area contributed by atoms with E-state index in [1.165, 1.54) is 12.0 Å². The van der Waals surface area contributed by atoms with E-state index in [9.17, 15) is 19.8 Å². The number of aryl methyl sites for hydroxylation is 1. The largest absolute Gasteiger partial charge is 0.507 e. The molecular weight excluding hydrogens is 346 g/mol. The molecule has 3 rings (SSSR count). The van der Waals surface area contributed by atoms with Crippen LogP contribution in [0.4, 0.5) is 0 Å². The van der Waals surface area contributed by atoms with E-state index in [2.05, 4.69) is 0 Å². The summed E-state index contributed by atoms with van der Waals surface area (Å²) in [4.78, 5) is 26.4. The predicted octanol–water partition coefficient (Wildman–Crippen LogP) is 2.42. The number of nitrogens with zero attached hydrogens (tertiary/aromatic N) is 1. The molecule has 0 radical (unpaired) electrons. The van der Waals surface area contributed by atoms with Gasteiger partial charge in [0, 0.05) is 12.1 Å². The number of β-amino-alcohol motifs (C(OH)–C–C–N with tert-alkyl or cyclic N) is 1. The minimum atomic E-state index is -0.762. The Hall–Kier alpha value is -3.12. The van der Waals surface area contributed by atoms with Gasteiger partial charge in [-0.05, 0) is 36.8 Å². The molecule has 0 bridgehead atoms. The third kappa shape index (κ3) is 3.44. The van der Waals surface area contributed by atoms with Gasteiger partial charge in [0.05, 0.1) is 25.3 Å². The smallest absolute Gasteiger partial charge is 0.295 e. The van der Waals surface area contributed by atoms with Gasteiger partial charge in [0.25, 0.3) is 11.7 Å². The number of hydrogen-bond acceptors (Lipinski definition) is 5. The predicted molar refractivity (Wildman–Crippen MR) is 100 cm³/mol. The molecule has 0 unspecified atom stereocenters. The van der Waals surface area contributed by atoms with E-state index in [4.69, 9.17) is 4.74 Å². The van der Waals surface area contributed by atoms with Crippen LogP contribution in [0.25, 0.3) is 5.76 Å². The summed E-state index contributed by atoms with van der Waals surface area (Å²) < 4.78 is 5.11. The van der Waals surface area contributed by atoms with Crippen molar-refractivity contribution in [2.45, 2.75) is 13.0 Å². The van der Waals surface area contributed by atoms with Gasteiger partial charge < -0.3 is 19.8 Å². The Morgan fingerprint density at radius 3 is 2.26 bits per heavy atom. The highest BCUT2D eigenvalue weighted by Gasteiger charge is 2.45. The Morgan fingerprint density at radius 1 is 1.07 bits per heavy atom. The number of aliphatic hydroxyl groups is 2. The van der Waals surface area contributed by atoms with Crippen molar-refractivity contribution in [2.24, 2.45) is 0 Å². The fourth-order valence-electron chi connectivity index (χ4n) is 3.22. The number of aliphatic hydroxyl groups excluding tert-OH is 2. The van der Waals surface area contributed by atoms with Gasteiger partial charge in [0.15, 0.2) is 0 Å². The number of hydrogen-bond donors (Lipinski definition) is 2. The van der Waals surface area contributed by atoms with Crippen LogP contribution in [0.5, 0.6) is 5.75 Å². The quantitative estimate of drug-likeness (QED) is 0.481. The van der Waals surface area contributed by atoms with Crippen LogP contribution in [0.15, 0.2) is 54.1 Å². The van der Waals surface area contributed by atoms with Gasteiger partial charge in [0.1, 0.15) is 11.5 Å². The van der Waals surface area contributed by atoms with Crippen LogP contribution < -0.4 is 4.74 Å². The number of likely N-dealkylation sites (tertiary alicyclic amines) is 1. The van der Waals surface area contributed by atoms with Crippen molar-refractivity contribution in [3.8, 4) is 5.75 Å². The van der Waals surface area contributed by atoms with E-state index in [1.807, 2.05) is 31.2 Å². The molecule has 1 amide bonds. The Kier molecular flexibility index (Phi) is 5.28. The highest BCUT2D eigenvalue weighted by Crippen LogP contribution is 2.39. The van der Waals surface area contributed by atoms with E-state index in [1.54, 1.807) is 24.3 Å². The van der Waals surface area contributed by atoms with Crippen LogP contribution in [0.2, 0.25) is 0 Å². The molecule has 1 atom stereocenters. The minimum absolute atomic E-state index is 0.00249. The van der Waals surface area contributed by atoms with E-state index < -0.39 is 17.7 Å². The summed E-state index contributed by atoms with van der Waals surface area (Å²) in [6, 6.07) is 13.2. The van der Waals surface area contributed by atoms with Gasteiger partial charge in [-0.3, -0.25) is 9.59 Å². The van der Waals surface area contributed by atoms with Crippen molar-refractivity contribution < 1.29 is 24.5 Å². The zero-order chi connectivity index (χ0) is 19.6. The molecule has 1 fully saturated rings. The van der Waals surface area contributed by atoms with Crippen molar-refractivity contribution >= 4 is 17.4 Å². The summed E-state index contributed by atoms with van der Waals surface area (Å²) in [5, 5.41) is 20.2. The lowest BCUT2D eigenvalue weighted by molar-refractivity contribution is -0.140. The molecule has 140 valence electrons. The van der Waals surface area contributed by atoms with Gasteiger partial charge in [-0.1, -0.05) is 29.8 Å². The molecule has 1 heterocycles. The first kappa shape index (κ1) is 18.7. The Balaban J connectivity index is 2.14. The zero-order valence-electron chi connectivity index (χ0n) is 15.2. The fourth-order valence-corrected chi connectivity index (χ4v) is 3.22. The highest BCUT2D eigenvalue weighted by atomic mass is 16.5. The first-order valence-corrected chi connectivity index (χ1v) is 8.58. The lowest BCUT2D eigenvalue weighted by Crippen LogP contribution is -2.32. The number of rotatable bonds is 5. The molecule has 2 aromatic rings. The second-order valence-corrected chi connectivity index (χ2v) is 6.36. The van der Waals surface area contributed by atoms with Gasteiger partial charge >= 0.3 is 0 Å². The fraction of sp³-hybridized carbons (Fsp3) is 0.238. The van der Waals surface area contributed by atoms with Gasteiger partial charge in [-0.15, -0.1) is 0 Å². The van der Waals surface area contributed by atoms with Gasteiger partial charge in [-0.25, -0.2) is 0 Å². The summed E-state index contributed by atoms with van der Waals surface area (Å²) >= 11 is 0. The maximum Gasteiger partial charge on any atom is 0.295 e. The number of methoxy groups -OCH3 is 1. The van der Waals surface area contributed by atoms with Crippen LogP contribution in [-0.2, 0) is 9.59 Å². The maximum atomic E-state index is 12.7. The molecule has 6 heteroatoms. The summed E-state index contributed by atoms with van der Waals surface area (Å²) in [6.45, 7) is 1.66. The van der Waals surface area contributed by atoms with Crippen molar-refractivity contribution in [2.75, 3.05) is 20.3 Å². The molecule has 6 nitrogen and oxygen atoms in total. The highest BCUT2D eigenvalue weighted by molar-refractivity contribution is 6.46. The van der Waals surface area contributed by atoms with Crippen molar-refractivity contribution in [3.05, 3.63) is 70.8 Å². The van der Waals surface area contributed by atoms with Crippen molar-refractivity contribution in [1.29, 1.82) is 0 Å². The van der Waals surface area contributed by atoms with E-state index in [0.29, 0.717) is 16.9 Å². The molecule has 1 aliphatic heterocycles. The van der Waals surface area contributed by atoms with Gasteiger partial charge in [-0.2, -0.15) is 0 Å². The molecule has 27 heavy (non-hydrogen) atoms.